The molecule has 0 bridgehead atoms. The number of fused-ring (bicyclic) bond motifs is 1. The molecular formula is C25H26N4O2. The Balaban J connectivity index is 1.61. The van der Waals surface area contributed by atoms with Crippen LogP contribution in [0.2, 0.25) is 0 Å². The van der Waals surface area contributed by atoms with Crippen molar-refractivity contribution in [3.05, 3.63) is 64.7 Å². The Bertz CT molecular complexity index is 1180. The largest absolute Gasteiger partial charge is 0.496 e. The molecular weight excluding hydrogens is 388 g/mol. The number of nitrogens with zero attached hydrogens (tertiary/aromatic N) is 4. The number of hydrogen-bond acceptors (Lipinski definition) is 5. The molecule has 3 aromatic rings. The van der Waals surface area contributed by atoms with Gasteiger partial charge in [0.15, 0.2) is 0 Å². The SMILES string of the molecule is COc1ccccc1C(=O)N1CCCN(c2nc3cc(C)cc(C)c3cc2C#N)CC1. The number of amides is 1. The molecule has 0 N–H and O–H groups in total. The van der Waals surface area contributed by atoms with Crippen LogP contribution in [-0.2, 0) is 0 Å². The third-order valence-corrected chi connectivity index (χ3v) is 5.81. The van der Waals surface area contributed by atoms with Gasteiger partial charge in [0.05, 0.1) is 23.8 Å². The number of para-hydroxylation sites is 1. The molecule has 0 atom stereocenters. The summed E-state index contributed by atoms with van der Waals surface area (Å²) in [6.07, 6.45) is 0.804. The van der Waals surface area contributed by atoms with Crippen molar-refractivity contribution in [3.63, 3.8) is 0 Å². The van der Waals surface area contributed by atoms with E-state index < -0.39 is 0 Å². The van der Waals surface area contributed by atoms with Crippen molar-refractivity contribution < 1.29 is 9.53 Å². The Labute approximate surface area is 182 Å². The lowest BCUT2D eigenvalue weighted by atomic mass is 10.0. The van der Waals surface area contributed by atoms with Gasteiger partial charge in [-0.2, -0.15) is 5.26 Å². The fourth-order valence-corrected chi connectivity index (χ4v) is 4.27. The second kappa shape index (κ2) is 8.65. The zero-order chi connectivity index (χ0) is 22.0. The van der Waals surface area contributed by atoms with Crippen molar-refractivity contribution in [2.45, 2.75) is 20.3 Å². The molecule has 2 heterocycles. The quantitative estimate of drug-likeness (QED) is 0.646. The lowest BCUT2D eigenvalue weighted by molar-refractivity contribution is 0.0763. The van der Waals surface area contributed by atoms with Gasteiger partial charge < -0.3 is 14.5 Å². The summed E-state index contributed by atoms with van der Waals surface area (Å²) in [6, 6.07) is 15.7. The molecule has 1 aromatic heterocycles. The molecule has 0 unspecified atom stereocenters. The number of aromatic nitrogens is 1. The molecule has 1 aliphatic rings. The van der Waals surface area contributed by atoms with Gasteiger partial charge >= 0.3 is 0 Å². The van der Waals surface area contributed by atoms with Gasteiger partial charge in [-0.05, 0) is 55.7 Å². The molecule has 158 valence electrons. The van der Waals surface area contributed by atoms with Gasteiger partial charge in [-0.3, -0.25) is 4.79 Å². The summed E-state index contributed by atoms with van der Waals surface area (Å²) < 4.78 is 5.37. The maximum Gasteiger partial charge on any atom is 0.257 e. The van der Waals surface area contributed by atoms with Crippen LogP contribution >= 0.6 is 0 Å². The van der Waals surface area contributed by atoms with Crippen molar-refractivity contribution in [3.8, 4) is 11.8 Å². The van der Waals surface area contributed by atoms with E-state index in [4.69, 9.17) is 9.72 Å². The van der Waals surface area contributed by atoms with Crippen LogP contribution in [0.1, 0.15) is 33.5 Å². The van der Waals surface area contributed by atoms with Gasteiger partial charge in [-0.1, -0.05) is 18.2 Å². The minimum absolute atomic E-state index is 0.0301. The molecule has 1 aliphatic heterocycles. The van der Waals surface area contributed by atoms with Crippen LogP contribution in [0.5, 0.6) is 5.75 Å². The Morgan fingerprint density at radius 3 is 2.68 bits per heavy atom. The summed E-state index contributed by atoms with van der Waals surface area (Å²) in [5, 5.41) is 10.8. The predicted molar refractivity (Wildman–Crippen MR) is 122 cm³/mol. The van der Waals surface area contributed by atoms with Crippen molar-refractivity contribution >= 4 is 22.6 Å². The van der Waals surface area contributed by atoms with E-state index in [1.807, 2.05) is 30.0 Å². The van der Waals surface area contributed by atoms with E-state index in [9.17, 15) is 10.1 Å². The van der Waals surface area contributed by atoms with Crippen molar-refractivity contribution in [2.75, 3.05) is 38.2 Å². The molecule has 4 rings (SSSR count). The summed E-state index contributed by atoms with van der Waals surface area (Å²) in [6.45, 7) is 6.69. The zero-order valence-corrected chi connectivity index (χ0v) is 18.2. The number of nitriles is 1. The van der Waals surface area contributed by atoms with Gasteiger partial charge in [0.2, 0.25) is 0 Å². The molecule has 0 saturated carbocycles. The number of aryl methyl sites for hydroxylation is 2. The molecule has 0 aliphatic carbocycles. The average Bonchev–Trinajstić information content (AvgIpc) is 3.04. The van der Waals surface area contributed by atoms with Gasteiger partial charge in [0, 0.05) is 31.6 Å². The van der Waals surface area contributed by atoms with Crippen molar-refractivity contribution in [1.29, 1.82) is 5.26 Å². The van der Waals surface area contributed by atoms with Crippen LogP contribution in [0.4, 0.5) is 5.82 Å². The molecule has 0 radical (unpaired) electrons. The molecule has 31 heavy (non-hydrogen) atoms. The Morgan fingerprint density at radius 1 is 1.10 bits per heavy atom. The molecule has 2 aromatic carbocycles. The molecule has 1 amide bonds. The van der Waals surface area contributed by atoms with Crippen LogP contribution < -0.4 is 9.64 Å². The number of carbonyl (C=O) groups is 1. The summed E-state index contributed by atoms with van der Waals surface area (Å²) >= 11 is 0. The van der Waals surface area contributed by atoms with Crippen LogP contribution in [0.25, 0.3) is 10.9 Å². The highest BCUT2D eigenvalue weighted by Gasteiger charge is 2.24. The second-order valence-electron chi connectivity index (χ2n) is 7.95. The van der Waals surface area contributed by atoms with Gasteiger partial charge in [-0.25, -0.2) is 4.98 Å². The smallest absolute Gasteiger partial charge is 0.257 e. The maximum atomic E-state index is 13.1. The molecule has 6 heteroatoms. The van der Waals surface area contributed by atoms with Crippen molar-refractivity contribution in [1.82, 2.24) is 9.88 Å². The number of benzene rings is 2. The number of hydrogen-bond donors (Lipinski definition) is 0. The number of methoxy groups -OCH3 is 1. The number of anilines is 1. The average molecular weight is 415 g/mol. The second-order valence-corrected chi connectivity index (χ2v) is 7.95. The standard InChI is InChI=1S/C25H26N4O2/c1-17-13-18(2)21-15-19(16-26)24(27-22(21)14-17)28-9-6-10-29(12-11-28)25(30)20-7-4-5-8-23(20)31-3/h4-5,7-8,13-15H,6,9-12H2,1-3H3. The van der Waals surface area contributed by atoms with E-state index >= 15 is 0 Å². The normalized spacial score (nSPS) is 14.3. The zero-order valence-electron chi connectivity index (χ0n) is 18.2. The van der Waals surface area contributed by atoms with Crippen LogP contribution in [0.15, 0.2) is 42.5 Å². The maximum absolute atomic E-state index is 13.1. The number of ether oxygens (including phenoxy) is 1. The fraction of sp³-hybridized carbons (Fsp3) is 0.320. The minimum atomic E-state index is -0.0301. The predicted octanol–water partition coefficient (Wildman–Crippen LogP) is 4.08. The van der Waals surface area contributed by atoms with Gasteiger partial charge in [0.1, 0.15) is 17.6 Å². The fourth-order valence-electron chi connectivity index (χ4n) is 4.27. The number of rotatable bonds is 3. The van der Waals surface area contributed by atoms with E-state index in [2.05, 4.69) is 30.0 Å². The molecule has 0 spiro atoms. The van der Waals surface area contributed by atoms with Crippen molar-refractivity contribution in [2.24, 2.45) is 0 Å². The molecule has 1 saturated heterocycles. The molecule has 6 nitrogen and oxygen atoms in total. The van der Waals surface area contributed by atoms with Gasteiger partial charge in [-0.15, -0.1) is 0 Å². The van der Waals surface area contributed by atoms with E-state index in [1.165, 1.54) is 0 Å². The monoisotopic (exact) mass is 414 g/mol. The topological polar surface area (TPSA) is 69.5 Å². The summed E-state index contributed by atoms with van der Waals surface area (Å²) in [5.74, 6) is 1.26. The van der Waals surface area contributed by atoms with Crippen LogP contribution in [-0.4, -0.2) is 49.1 Å². The summed E-state index contributed by atoms with van der Waals surface area (Å²) in [4.78, 5) is 22.0. The van der Waals surface area contributed by atoms with Gasteiger partial charge in [0.25, 0.3) is 5.91 Å². The first-order chi connectivity index (χ1) is 15.0. The summed E-state index contributed by atoms with van der Waals surface area (Å²) in [5.41, 5.74) is 4.32. The first kappa shape index (κ1) is 20.7. The Kier molecular flexibility index (Phi) is 5.77. The van der Waals surface area contributed by atoms with E-state index in [-0.39, 0.29) is 5.91 Å². The number of pyridine rings is 1. The number of carbonyl (C=O) groups excluding carboxylic acids is 1. The Morgan fingerprint density at radius 2 is 1.90 bits per heavy atom. The summed E-state index contributed by atoms with van der Waals surface area (Å²) in [7, 11) is 1.58. The van der Waals surface area contributed by atoms with Crippen LogP contribution in [0.3, 0.4) is 0 Å². The van der Waals surface area contributed by atoms with E-state index in [1.54, 1.807) is 19.2 Å². The Hall–Kier alpha value is -3.59. The minimum Gasteiger partial charge on any atom is -0.496 e. The first-order valence-corrected chi connectivity index (χ1v) is 10.5. The highest BCUT2D eigenvalue weighted by molar-refractivity contribution is 5.97. The third-order valence-electron chi connectivity index (χ3n) is 5.81. The highest BCUT2D eigenvalue weighted by atomic mass is 16.5. The van der Waals surface area contributed by atoms with Crippen LogP contribution in [0, 0.1) is 25.2 Å². The lowest BCUT2D eigenvalue weighted by Gasteiger charge is -2.24. The first-order valence-electron chi connectivity index (χ1n) is 10.5. The lowest BCUT2D eigenvalue weighted by Crippen LogP contribution is -2.35. The highest BCUT2D eigenvalue weighted by Crippen LogP contribution is 2.27. The van der Waals surface area contributed by atoms with E-state index in [0.717, 1.165) is 35.0 Å². The molecule has 1 fully saturated rings. The third kappa shape index (κ3) is 4.04. The van der Waals surface area contributed by atoms with E-state index in [0.29, 0.717) is 42.3 Å².